The third kappa shape index (κ3) is 7.74. The minimum Gasteiger partial charge on any atom is -0.467 e. The number of amides is 1. The van der Waals surface area contributed by atoms with E-state index in [2.05, 4.69) is 10.1 Å². The van der Waals surface area contributed by atoms with Gasteiger partial charge in [0.1, 0.15) is 6.04 Å². The first-order chi connectivity index (χ1) is 8.01. The largest absolute Gasteiger partial charge is 0.467 e. The zero-order chi connectivity index (χ0) is 13.3. The first-order valence-corrected chi connectivity index (χ1v) is 6.08. The Morgan fingerprint density at radius 1 is 1.29 bits per heavy atom. The van der Waals surface area contributed by atoms with Crippen molar-refractivity contribution in [3.8, 4) is 0 Å². The minimum atomic E-state index is -0.537. The van der Waals surface area contributed by atoms with Gasteiger partial charge in [0.15, 0.2) is 0 Å². The summed E-state index contributed by atoms with van der Waals surface area (Å²) in [7, 11) is 1.33. The Hall–Kier alpha value is -1.10. The molecule has 0 aromatic carbocycles. The molecule has 0 fully saturated rings. The summed E-state index contributed by atoms with van der Waals surface area (Å²) < 4.78 is 4.67. The molecule has 5 nitrogen and oxygen atoms in total. The molecule has 0 spiro atoms. The standard InChI is InChI=1S/C12H24N2O3/c1-9(2)8-10(12(16)17-3)14-11(15)6-4-5-7-13/h9-10H,4-8,13H2,1-3H3,(H,14,15). The Morgan fingerprint density at radius 2 is 1.94 bits per heavy atom. The van der Waals surface area contributed by atoms with E-state index in [1.165, 1.54) is 7.11 Å². The topological polar surface area (TPSA) is 81.4 Å². The fourth-order valence-corrected chi connectivity index (χ4v) is 1.52. The predicted octanol–water partition coefficient (Wildman–Crippen LogP) is 0.819. The molecule has 0 rings (SSSR count). The predicted molar refractivity (Wildman–Crippen MR) is 66.3 cm³/mol. The van der Waals surface area contributed by atoms with E-state index in [0.717, 1.165) is 12.8 Å². The molecule has 0 aromatic heterocycles. The monoisotopic (exact) mass is 244 g/mol. The molecule has 1 amide bonds. The summed E-state index contributed by atoms with van der Waals surface area (Å²) in [6, 6.07) is -0.537. The van der Waals surface area contributed by atoms with Gasteiger partial charge in [-0.05, 0) is 31.7 Å². The van der Waals surface area contributed by atoms with Crippen molar-refractivity contribution in [2.45, 2.75) is 45.6 Å². The van der Waals surface area contributed by atoms with Gasteiger partial charge in [-0.15, -0.1) is 0 Å². The Morgan fingerprint density at radius 3 is 2.41 bits per heavy atom. The van der Waals surface area contributed by atoms with Crippen LogP contribution in [-0.2, 0) is 14.3 Å². The molecular formula is C12H24N2O3. The van der Waals surface area contributed by atoms with Crippen LogP contribution in [0, 0.1) is 5.92 Å². The number of nitrogens with one attached hydrogen (secondary N) is 1. The number of rotatable bonds is 8. The fourth-order valence-electron chi connectivity index (χ4n) is 1.52. The zero-order valence-corrected chi connectivity index (χ0v) is 11.0. The van der Waals surface area contributed by atoms with Gasteiger partial charge >= 0.3 is 5.97 Å². The number of unbranched alkanes of at least 4 members (excludes halogenated alkanes) is 1. The molecule has 0 aliphatic heterocycles. The molecule has 0 radical (unpaired) electrons. The molecule has 17 heavy (non-hydrogen) atoms. The van der Waals surface area contributed by atoms with Gasteiger partial charge in [0.05, 0.1) is 7.11 Å². The summed E-state index contributed by atoms with van der Waals surface area (Å²) in [5, 5.41) is 2.70. The van der Waals surface area contributed by atoms with Gasteiger partial charge in [-0.25, -0.2) is 4.79 Å². The van der Waals surface area contributed by atoms with E-state index in [9.17, 15) is 9.59 Å². The van der Waals surface area contributed by atoms with Gasteiger partial charge < -0.3 is 15.8 Å². The highest BCUT2D eigenvalue weighted by molar-refractivity contribution is 5.84. The van der Waals surface area contributed by atoms with E-state index in [1.807, 2.05) is 13.8 Å². The van der Waals surface area contributed by atoms with Crippen LogP contribution in [0.15, 0.2) is 0 Å². The summed E-state index contributed by atoms with van der Waals surface area (Å²) in [6.45, 7) is 4.58. The molecule has 0 aliphatic carbocycles. The average Bonchev–Trinajstić information content (AvgIpc) is 2.27. The molecular weight excluding hydrogens is 220 g/mol. The number of nitrogens with two attached hydrogens (primary N) is 1. The third-order valence-corrected chi connectivity index (χ3v) is 2.39. The van der Waals surface area contributed by atoms with Crippen LogP contribution in [0.1, 0.15) is 39.5 Å². The molecule has 0 saturated heterocycles. The lowest BCUT2D eigenvalue weighted by molar-refractivity contribution is -0.145. The number of esters is 1. The van der Waals surface area contributed by atoms with Crippen molar-refractivity contribution in [2.75, 3.05) is 13.7 Å². The number of carbonyl (C=O) groups is 2. The maximum Gasteiger partial charge on any atom is 0.328 e. The Kier molecular flexibility index (Phi) is 8.40. The van der Waals surface area contributed by atoms with Gasteiger partial charge in [-0.2, -0.15) is 0 Å². The second kappa shape index (κ2) is 8.98. The zero-order valence-electron chi connectivity index (χ0n) is 11.0. The van der Waals surface area contributed by atoms with Crippen molar-refractivity contribution in [3.63, 3.8) is 0 Å². The highest BCUT2D eigenvalue weighted by Gasteiger charge is 2.22. The molecule has 1 unspecified atom stereocenters. The van der Waals surface area contributed by atoms with Crippen molar-refractivity contribution in [1.82, 2.24) is 5.32 Å². The lowest BCUT2D eigenvalue weighted by Gasteiger charge is -2.18. The number of hydrogen-bond donors (Lipinski definition) is 2. The van der Waals surface area contributed by atoms with Crippen LogP contribution in [0.3, 0.4) is 0 Å². The second-order valence-corrected chi connectivity index (χ2v) is 4.52. The third-order valence-electron chi connectivity index (χ3n) is 2.39. The van der Waals surface area contributed by atoms with Crippen LogP contribution in [-0.4, -0.2) is 31.6 Å². The van der Waals surface area contributed by atoms with E-state index in [0.29, 0.717) is 25.3 Å². The average molecular weight is 244 g/mol. The molecule has 0 bridgehead atoms. The summed E-state index contributed by atoms with van der Waals surface area (Å²) in [5.41, 5.74) is 5.35. The van der Waals surface area contributed by atoms with Gasteiger partial charge in [-0.3, -0.25) is 4.79 Å². The summed E-state index contributed by atoms with van der Waals surface area (Å²) in [5.74, 6) is -0.177. The Balaban J connectivity index is 4.13. The fraction of sp³-hybridized carbons (Fsp3) is 0.833. The quantitative estimate of drug-likeness (QED) is 0.489. The van der Waals surface area contributed by atoms with Crippen LogP contribution >= 0.6 is 0 Å². The Bertz CT molecular complexity index is 242. The van der Waals surface area contributed by atoms with Crippen LogP contribution < -0.4 is 11.1 Å². The molecule has 3 N–H and O–H groups in total. The maximum absolute atomic E-state index is 11.6. The molecule has 0 heterocycles. The summed E-state index contributed by atoms with van der Waals surface area (Å²) in [6.07, 6.45) is 2.57. The van der Waals surface area contributed by atoms with Crippen LogP contribution in [0.25, 0.3) is 0 Å². The first kappa shape index (κ1) is 15.9. The molecule has 100 valence electrons. The van der Waals surface area contributed by atoms with E-state index in [-0.39, 0.29) is 11.9 Å². The van der Waals surface area contributed by atoms with E-state index in [1.54, 1.807) is 0 Å². The van der Waals surface area contributed by atoms with Crippen LogP contribution in [0.4, 0.5) is 0 Å². The number of hydrogen-bond acceptors (Lipinski definition) is 4. The number of methoxy groups -OCH3 is 1. The van der Waals surface area contributed by atoms with Crippen LogP contribution in [0.5, 0.6) is 0 Å². The van der Waals surface area contributed by atoms with Crippen molar-refractivity contribution >= 4 is 11.9 Å². The smallest absolute Gasteiger partial charge is 0.328 e. The highest BCUT2D eigenvalue weighted by atomic mass is 16.5. The van der Waals surface area contributed by atoms with Gasteiger partial charge in [0, 0.05) is 6.42 Å². The van der Waals surface area contributed by atoms with Crippen molar-refractivity contribution in [3.05, 3.63) is 0 Å². The molecule has 0 aliphatic rings. The molecule has 5 heteroatoms. The van der Waals surface area contributed by atoms with Crippen molar-refractivity contribution in [2.24, 2.45) is 11.7 Å². The normalized spacial score (nSPS) is 12.3. The SMILES string of the molecule is COC(=O)C(CC(C)C)NC(=O)CCCCN. The summed E-state index contributed by atoms with van der Waals surface area (Å²) >= 11 is 0. The lowest BCUT2D eigenvalue weighted by Crippen LogP contribution is -2.42. The van der Waals surface area contributed by atoms with E-state index < -0.39 is 6.04 Å². The highest BCUT2D eigenvalue weighted by Crippen LogP contribution is 2.07. The van der Waals surface area contributed by atoms with Gasteiger partial charge in [0.25, 0.3) is 0 Å². The maximum atomic E-state index is 11.6. The van der Waals surface area contributed by atoms with Gasteiger partial charge in [0.2, 0.25) is 5.91 Å². The summed E-state index contributed by atoms with van der Waals surface area (Å²) in [4.78, 5) is 23.0. The van der Waals surface area contributed by atoms with Crippen molar-refractivity contribution < 1.29 is 14.3 Å². The molecule has 0 aromatic rings. The van der Waals surface area contributed by atoms with Crippen molar-refractivity contribution in [1.29, 1.82) is 0 Å². The lowest BCUT2D eigenvalue weighted by atomic mass is 10.0. The first-order valence-electron chi connectivity index (χ1n) is 6.08. The van der Waals surface area contributed by atoms with E-state index >= 15 is 0 Å². The number of carbonyl (C=O) groups excluding carboxylic acids is 2. The Labute approximate surface area is 103 Å². The molecule has 0 saturated carbocycles. The van der Waals surface area contributed by atoms with Crippen LogP contribution in [0.2, 0.25) is 0 Å². The molecule has 1 atom stereocenters. The van der Waals surface area contributed by atoms with Gasteiger partial charge in [-0.1, -0.05) is 13.8 Å². The van der Waals surface area contributed by atoms with E-state index in [4.69, 9.17) is 5.73 Å². The second-order valence-electron chi connectivity index (χ2n) is 4.52. The number of ether oxygens (including phenoxy) is 1. The minimum absolute atomic E-state index is 0.116.